The van der Waals surface area contributed by atoms with E-state index in [0.29, 0.717) is 0 Å². The molecule has 10 aromatic carbocycles. The van der Waals surface area contributed by atoms with Crippen molar-refractivity contribution >= 4 is 97.7 Å². The molecule has 57 heavy (non-hydrogen) atoms. The van der Waals surface area contributed by atoms with Crippen molar-refractivity contribution < 1.29 is 0 Å². The zero-order valence-corrected chi connectivity index (χ0v) is 30.9. The van der Waals surface area contributed by atoms with Gasteiger partial charge in [0.25, 0.3) is 0 Å². The van der Waals surface area contributed by atoms with Gasteiger partial charge in [-0.15, -0.1) is 0 Å². The maximum Gasteiger partial charge on any atom is 0.0627 e. The Balaban J connectivity index is 1.24. The summed E-state index contributed by atoms with van der Waals surface area (Å²) in [5.41, 5.74) is 10.8. The maximum atomic E-state index is 2.54. The number of benzene rings is 10. The normalized spacial score (nSPS) is 12.2. The van der Waals surface area contributed by atoms with Crippen LogP contribution in [0.1, 0.15) is 0 Å². The summed E-state index contributed by atoms with van der Waals surface area (Å²) < 4.78 is 7.49. The van der Waals surface area contributed by atoms with Gasteiger partial charge < -0.3 is 13.7 Å². The lowest BCUT2D eigenvalue weighted by atomic mass is 9.96. The standard InChI is InChI=1S/C54H33N3/c1-3-17-34(18-4-1)55-46-29-15-13-27-43(46)50-51-44-28-14-16-30-47(44)57(54(51)42-26-12-11-25-41(42)53(50)55)36-31-32-48-45(33-36)49-39-23-9-7-21-37(39)38-22-8-10-24-40(38)52(49)56(48)35-19-5-2-6-20-35/h1-33H. The van der Waals surface area contributed by atoms with E-state index in [0.717, 1.165) is 17.1 Å². The van der Waals surface area contributed by atoms with Gasteiger partial charge in [-0.05, 0) is 70.8 Å². The lowest BCUT2D eigenvalue weighted by Crippen LogP contribution is -1.97. The minimum absolute atomic E-state index is 1.15. The van der Waals surface area contributed by atoms with E-state index in [9.17, 15) is 0 Å². The second kappa shape index (κ2) is 11.5. The predicted octanol–water partition coefficient (Wildman–Crippen LogP) is 14.4. The van der Waals surface area contributed by atoms with Gasteiger partial charge in [-0.1, -0.05) is 146 Å². The molecule has 0 amide bonds. The summed E-state index contributed by atoms with van der Waals surface area (Å²) in [5, 5.41) is 15.2. The third-order valence-corrected chi connectivity index (χ3v) is 12.3. The second-order valence-electron chi connectivity index (χ2n) is 15.2. The topological polar surface area (TPSA) is 14.8 Å². The second-order valence-corrected chi connectivity index (χ2v) is 15.2. The first-order valence-corrected chi connectivity index (χ1v) is 19.7. The highest BCUT2D eigenvalue weighted by atomic mass is 15.0. The molecule has 0 saturated heterocycles. The summed E-state index contributed by atoms with van der Waals surface area (Å²) >= 11 is 0. The molecular formula is C54H33N3. The van der Waals surface area contributed by atoms with Crippen LogP contribution in [0.3, 0.4) is 0 Å². The van der Waals surface area contributed by atoms with Crippen LogP contribution in [0.5, 0.6) is 0 Å². The monoisotopic (exact) mass is 723 g/mol. The summed E-state index contributed by atoms with van der Waals surface area (Å²) in [5.74, 6) is 0. The Morgan fingerprint density at radius 2 is 0.561 bits per heavy atom. The zero-order valence-electron chi connectivity index (χ0n) is 30.9. The van der Waals surface area contributed by atoms with E-state index >= 15 is 0 Å². The highest BCUT2D eigenvalue weighted by molar-refractivity contribution is 6.38. The molecule has 0 aliphatic carbocycles. The van der Waals surface area contributed by atoms with Crippen molar-refractivity contribution in [2.45, 2.75) is 0 Å². The van der Waals surface area contributed by atoms with Crippen LogP contribution in [0.2, 0.25) is 0 Å². The molecule has 0 radical (unpaired) electrons. The maximum absolute atomic E-state index is 2.54. The van der Waals surface area contributed by atoms with Crippen LogP contribution in [0, 0.1) is 0 Å². The lowest BCUT2D eigenvalue weighted by molar-refractivity contribution is 1.17. The van der Waals surface area contributed by atoms with E-state index in [1.807, 2.05) is 0 Å². The fourth-order valence-corrected chi connectivity index (χ4v) is 10.2. The van der Waals surface area contributed by atoms with Gasteiger partial charge >= 0.3 is 0 Å². The molecule has 0 unspecified atom stereocenters. The molecule has 0 fully saturated rings. The Morgan fingerprint density at radius 3 is 1.09 bits per heavy atom. The summed E-state index contributed by atoms with van der Waals surface area (Å²) in [6.45, 7) is 0. The quantitative estimate of drug-likeness (QED) is 0.161. The summed E-state index contributed by atoms with van der Waals surface area (Å²) in [6, 6.07) is 73.6. The SMILES string of the molecule is c1ccc(-n2c3ccc(-n4c5ccccc5c5c6c7ccccc7n(-c7ccccc7)c6c6ccccc6c54)cc3c3c4ccccc4c4ccccc4c32)cc1. The fourth-order valence-electron chi connectivity index (χ4n) is 10.2. The minimum atomic E-state index is 1.15. The fraction of sp³-hybridized carbons (Fsp3) is 0. The molecule has 0 N–H and O–H groups in total. The number of hydrogen-bond donors (Lipinski definition) is 0. The molecule has 3 nitrogen and oxygen atoms in total. The van der Waals surface area contributed by atoms with E-state index in [2.05, 4.69) is 214 Å². The van der Waals surface area contributed by atoms with Gasteiger partial charge in [0, 0.05) is 65.5 Å². The van der Waals surface area contributed by atoms with Gasteiger partial charge in [-0.2, -0.15) is 0 Å². The van der Waals surface area contributed by atoms with Crippen LogP contribution in [0.4, 0.5) is 0 Å². The third kappa shape index (κ3) is 4.05. The zero-order chi connectivity index (χ0) is 37.2. The van der Waals surface area contributed by atoms with Crippen molar-refractivity contribution in [1.82, 2.24) is 13.7 Å². The van der Waals surface area contributed by atoms with E-state index in [1.165, 1.54) is 97.7 Å². The van der Waals surface area contributed by atoms with E-state index < -0.39 is 0 Å². The van der Waals surface area contributed by atoms with Gasteiger partial charge in [0.1, 0.15) is 0 Å². The largest absolute Gasteiger partial charge is 0.309 e. The average Bonchev–Trinajstić information content (AvgIpc) is 3.94. The van der Waals surface area contributed by atoms with Crippen LogP contribution in [-0.2, 0) is 0 Å². The van der Waals surface area contributed by atoms with Gasteiger partial charge in [-0.25, -0.2) is 0 Å². The molecule has 0 spiro atoms. The minimum Gasteiger partial charge on any atom is -0.309 e. The lowest BCUT2D eigenvalue weighted by Gasteiger charge is -2.14. The number of fused-ring (bicyclic) bond motifs is 18. The first kappa shape index (κ1) is 30.7. The van der Waals surface area contributed by atoms with Crippen LogP contribution in [0.25, 0.3) is 115 Å². The van der Waals surface area contributed by atoms with Crippen molar-refractivity contribution in [2.24, 2.45) is 0 Å². The molecule has 0 aliphatic rings. The van der Waals surface area contributed by atoms with Crippen molar-refractivity contribution in [3.05, 3.63) is 200 Å². The van der Waals surface area contributed by atoms with Gasteiger partial charge in [-0.3, -0.25) is 0 Å². The number of hydrogen-bond acceptors (Lipinski definition) is 0. The third-order valence-electron chi connectivity index (χ3n) is 12.3. The van der Waals surface area contributed by atoms with Gasteiger partial charge in [0.2, 0.25) is 0 Å². The molecule has 0 aliphatic heterocycles. The number of aromatic nitrogens is 3. The highest BCUT2D eigenvalue weighted by Gasteiger charge is 2.25. The highest BCUT2D eigenvalue weighted by Crippen LogP contribution is 2.48. The Hall–Kier alpha value is -7.62. The summed E-state index contributed by atoms with van der Waals surface area (Å²) in [6.07, 6.45) is 0. The Labute approximate surface area is 327 Å². The number of para-hydroxylation sites is 4. The van der Waals surface area contributed by atoms with Crippen LogP contribution < -0.4 is 0 Å². The van der Waals surface area contributed by atoms with Crippen LogP contribution >= 0.6 is 0 Å². The first-order valence-electron chi connectivity index (χ1n) is 19.7. The van der Waals surface area contributed by atoms with Crippen molar-refractivity contribution in [1.29, 1.82) is 0 Å². The molecule has 0 atom stereocenters. The number of rotatable bonds is 3. The van der Waals surface area contributed by atoms with Gasteiger partial charge in [0.05, 0.1) is 33.1 Å². The van der Waals surface area contributed by atoms with E-state index in [4.69, 9.17) is 0 Å². The average molecular weight is 724 g/mol. The molecule has 3 aromatic heterocycles. The van der Waals surface area contributed by atoms with E-state index in [-0.39, 0.29) is 0 Å². The molecule has 3 heteroatoms. The Kier molecular flexibility index (Phi) is 6.16. The van der Waals surface area contributed by atoms with Crippen molar-refractivity contribution in [2.75, 3.05) is 0 Å². The molecule has 13 rings (SSSR count). The summed E-state index contributed by atoms with van der Waals surface area (Å²) in [7, 11) is 0. The van der Waals surface area contributed by atoms with Crippen LogP contribution in [-0.4, -0.2) is 13.7 Å². The first-order chi connectivity index (χ1) is 28.3. The van der Waals surface area contributed by atoms with E-state index in [1.54, 1.807) is 0 Å². The Bertz CT molecular complexity index is 3790. The molecule has 0 bridgehead atoms. The van der Waals surface area contributed by atoms with Crippen LogP contribution in [0.15, 0.2) is 200 Å². The smallest absolute Gasteiger partial charge is 0.0627 e. The molecule has 3 heterocycles. The van der Waals surface area contributed by atoms with Gasteiger partial charge in [0.15, 0.2) is 0 Å². The molecule has 0 saturated carbocycles. The molecule has 264 valence electrons. The summed E-state index contributed by atoms with van der Waals surface area (Å²) in [4.78, 5) is 0. The van der Waals surface area contributed by atoms with Crippen molar-refractivity contribution in [3.8, 4) is 17.1 Å². The predicted molar refractivity (Wildman–Crippen MR) is 242 cm³/mol. The van der Waals surface area contributed by atoms with Crippen molar-refractivity contribution in [3.63, 3.8) is 0 Å². The molecular weight excluding hydrogens is 691 g/mol. The Morgan fingerprint density at radius 1 is 0.211 bits per heavy atom. The molecule has 13 aromatic rings. The number of nitrogens with zero attached hydrogens (tertiary/aromatic N) is 3.